The quantitative estimate of drug-likeness (QED) is 0.777. The van der Waals surface area contributed by atoms with Crippen LogP contribution in [0.5, 0.6) is 0 Å². The van der Waals surface area contributed by atoms with Gasteiger partial charge in [0.25, 0.3) is 0 Å². The first-order valence-corrected chi connectivity index (χ1v) is 6.50. The van der Waals surface area contributed by atoms with Crippen LogP contribution >= 0.6 is 0 Å². The van der Waals surface area contributed by atoms with Crippen molar-refractivity contribution in [1.82, 2.24) is 10.2 Å². The number of hydrogen-bond acceptors (Lipinski definition) is 3. The Morgan fingerprint density at radius 3 is 2.44 bits per heavy atom. The van der Waals surface area contributed by atoms with Gasteiger partial charge in [-0.15, -0.1) is 0 Å². The average Bonchev–Trinajstić information content (AvgIpc) is 2.71. The Morgan fingerprint density at radius 2 is 2.00 bits per heavy atom. The number of hydrogen-bond donors (Lipinski definition) is 1. The van der Waals surface area contributed by atoms with Crippen LogP contribution in [0.3, 0.4) is 0 Å². The second-order valence-corrected chi connectivity index (χ2v) is 6.48. The van der Waals surface area contributed by atoms with E-state index >= 15 is 0 Å². The van der Waals surface area contributed by atoms with E-state index in [0.717, 1.165) is 13.2 Å². The maximum atomic E-state index is 6.03. The summed E-state index contributed by atoms with van der Waals surface area (Å²) in [5.41, 5.74) is 0.00708. The first-order chi connectivity index (χ1) is 7.32. The molecule has 0 amide bonds. The summed E-state index contributed by atoms with van der Waals surface area (Å²) in [6.07, 6.45) is 1.25. The highest BCUT2D eigenvalue weighted by Gasteiger charge is 2.47. The van der Waals surface area contributed by atoms with E-state index < -0.39 is 0 Å². The third-order valence-corrected chi connectivity index (χ3v) is 4.05. The molecule has 0 saturated carbocycles. The summed E-state index contributed by atoms with van der Waals surface area (Å²) >= 11 is 0. The van der Waals surface area contributed by atoms with E-state index in [1.807, 2.05) is 0 Å². The molecule has 16 heavy (non-hydrogen) atoms. The lowest BCUT2D eigenvalue weighted by Gasteiger charge is -2.33. The summed E-state index contributed by atoms with van der Waals surface area (Å²) < 4.78 is 6.03. The predicted molar refractivity (Wildman–Crippen MR) is 66.4 cm³/mol. The number of nitrogens with zero attached hydrogens (tertiary/aromatic N) is 1. The summed E-state index contributed by atoms with van der Waals surface area (Å²) in [6.45, 7) is 14.4. The van der Waals surface area contributed by atoms with Crippen molar-refractivity contribution in [2.45, 2.75) is 58.3 Å². The Kier molecular flexibility index (Phi) is 3.06. The van der Waals surface area contributed by atoms with E-state index in [1.54, 1.807) is 0 Å². The lowest BCUT2D eigenvalue weighted by atomic mass is 9.95. The molecule has 0 aromatic rings. The molecule has 2 rings (SSSR count). The molecule has 2 saturated heterocycles. The van der Waals surface area contributed by atoms with Gasteiger partial charge in [-0.05, 0) is 47.6 Å². The minimum Gasteiger partial charge on any atom is -0.359 e. The molecule has 3 heteroatoms. The molecular weight excluding hydrogens is 200 g/mol. The molecule has 94 valence electrons. The zero-order valence-corrected chi connectivity index (χ0v) is 11.3. The first kappa shape index (κ1) is 12.3. The van der Waals surface area contributed by atoms with Crippen LogP contribution in [0.2, 0.25) is 0 Å². The molecule has 0 spiro atoms. The summed E-state index contributed by atoms with van der Waals surface area (Å²) in [4.78, 5) is 2.55. The van der Waals surface area contributed by atoms with Crippen molar-refractivity contribution in [3.8, 4) is 0 Å². The molecule has 3 nitrogen and oxygen atoms in total. The third-order valence-electron chi connectivity index (χ3n) is 4.05. The van der Waals surface area contributed by atoms with Crippen LogP contribution in [0.15, 0.2) is 0 Å². The van der Waals surface area contributed by atoms with Crippen molar-refractivity contribution in [2.24, 2.45) is 5.92 Å². The Morgan fingerprint density at radius 1 is 1.31 bits per heavy atom. The highest BCUT2D eigenvalue weighted by Crippen LogP contribution is 2.35. The van der Waals surface area contributed by atoms with Gasteiger partial charge in [0.15, 0.2) is 0 Å². The van der Waals surface area contributed by atoms with E-state index in [2.05, 4.69) is 44.8 Å². The van der Waals surface area contributed by atoms with E-state index in [-0.39, 0.29) is 11.3 Å². The first-order valence-electron chi connectivity index (χ1n) is 6.50. The zero-order chi connectivity index (χ0) is 12.0. The van der Waals surface area contributed by atoms with Gasteiger partial charge in [-0.1, -0.05) is 0 Å². The van der Waals surface area contributed by atoms with Gasteiger partial charge < -0.3 is 9.64 Å². The molecule has 2 aliphatic rings. The maximum Gasteiger partial charge on any atom is 0.121 e. The van der Waals surface area contributed by atoms with Gasteiger partial charge in [-0.2, -0.15) is 0 Å². The normalized spacial score (nSPS) is 39.8. The Bertz CT molecular complexity index is 265. The van der Waals surface area contributed by atoms with E-state index in [0.29, 0.717) is 12.0 Å². The van der Waals surface area contributed by atoms with Crippen LogP contribution in [0, 0.1) is 5.92 Å². The Balaban J connectivity index is 1.99. The van der Waals surface area contributed by atoms with Gasteiger partial charge in [-0.3, -0.25) is 5.32 Å². The molecule has 0 radical (unpaired) electrons. The molecule has 2 fully saturated rings. The van der Waals surface area contributed by atoms with Crippen molar-refractivity contribution in [1.29, 1.82) is 0 Å². The highest BCUT2D eigenvalue weighted by atomic mass is 16.5. The summed E-state index contributed by atoms with van der Waals surface area (Å²) in [5, 5.41) is 3.66. The van der Waals surface area contributed by atoms with Crippen molar-refractivity contribution in [3.63, 3.8) is 0 Å². The third kappa shape index (κ3) is 2.27. The molecule has 2 heterocycles. The Labute approximate surface area is 99.5 Å². The highest BCUT2D eigenvalue weighted by molar-refractivity contribution is 4.99. The van der Waals surface area contributed by atoms with Crippen LogP contribution in [0.4, 0.5) is 0 Å². The molecular formula is C13H26N2O. The topological polar surface area (TPSA) is 24.5 Å². The van der Waals surface area contributed by atoms with Crippen molar-refractivity contribution in [3.05, 3.63) is 0 Å². The molecule has 0 aliphatic carbocycles. The van der Waals surface area contributed by atoms with Gasteiger partial charge >= 0.3 is 0 Å². The SMILES string of the molecule is CC(C)N1CCC(C2(C)NC(C)(C)CO2)C1. The number of rotatable bonds is 2. The molecule has 2 aliphatic heterocycles. The van der Waals surface area contributed by atoms with E-state index in [1.165, 1.54) is 13.0 Å². The number of ether oxygens (including phenoxy) is 1. The molecule has 0 bridgehead atoms. The van der Waals surface area contributed by atoms with Crippen molar-refractivity contribution in [2.75, 3.05) is 19.7 Å². The monoisotopic (exact) mass is 226 g/mol. The van der Waals surface area contributed by atoms with Gasteiger partial charge in [-0.25, -0.2) is 0 Å². The van der Waals surface area contributed by atoms with Crippen LogP contribution in [0.25, 0.3) is 0 Å². The summed E-state index contributed by atoms with van der Waals surface area (Å²) in [6, 6.07) is 0.656. The van der Waals surface area contributed by atoms with Gasteiger partial charge in [0.05, 0.1) is 6.61 Å². The van der Waals surface area contributed by atoms with Crippen LogP contribution in [0.1, 0.15) is 41.0 Å². The standard InChI is InChI=1S/C13H26N2O/c1-10(2)15-7-6-11(8-15)13(5)14-12(3,4)9-16-13/h10-11,14H,6-9H2,1-5H3. The largest absolute Gasteiger partial charge is 0.359 e. The van der Waals surface area contributed by atoms with Crippen LogP contribution in [-0.2, 0) is 4.74 Å². The van der Waals surface area contributed by atoms with Crippen LogP contribution in [-0.4, -0.2) is 41.9 Å². The second kappa shape index (κ2) is 3.97. The minimum absolute atomic E-state index is 0.118. The van der Waals surface area contributed by atoms with E-state index in [4.69, 9.17) is 4.74 Å². The zero-order valence-electron chi connectivity index (χ0n) is 11.3. The molecule has 0 aromatic heterocycles. The lowest BCUT2D eigenvalue weighted by Crippen LogP contribution is -2.52. The fraction of sp³-hybridized carbons (Fsp3) is 1.00. The summed E-state index contributed by atoms with van der Waals surface area (Å²) in [5.74, 6) is 0.622. The lowest BCUT2D eigenvalue weighted by molar-refractivity contribution is -0.0402. The number of likely N-dealkylation sites (tertiary alicyclic amines) is 1. The van der Waals surface area contributed by atoms with E-state index in [9.17, 15) is 0 Å². The fourth-order valence-electron chi connectivity index (χ4n) is 3.00. The maximum absolute atomic E-state index is 6.03. The fourth-order valence-corrected chi connectivity index (χ4v) is 3.00. The van der Waals surface area contributed by atoms with Gasteiger partial charge in [0.1, 0.15) is 5.72 Å². The van der Waals surface area contributed by atoms with Crippen LogP contribution < -0.4 is 5.32 Å². The van der Waals surface area contributed by atoms with Crippen molar-refractivity contribution >= 4 is 0 Å². The average molecular weight is 226 g/mol. The van der Waals surface area contributed by atoms with Gasteiger partial charge in [0.2, 0.25) is 0 Å². The summed E-state index contributed by atoms with van der Waals surface area (Å²) in [7, 11) is 0. The van der Waals surface area contributed by atoms with Crippen molar-refractivity contribution < 1.29 is 4.74 Å². The molecule has 2 unspecified atom stereocenters. The smallest absolute Gasteiger partial charge is 0.121 e. The predicted octanol–water partition coefficient (Wildman–Crippen LogP) is 1.83. The minimum atomic E-state index is -0.118. The molecule has 0 aromatic carbocycles. The molecule has 1 N–H and O–H groups in total. The Hall–Kier alpha value is -0.120. The second-order valence-electron chi connectivity index (χ2n) is 6.48. The molecule has 2 atom stereocenters. The van der Waals surface area contributed by atoms with Gasteiger partial charge in [0, 0.05) is 24.0 Å². The number of nitrogens with one attached hydrogen (secondary N) is 1.